The van der Waals surface area contributed by atoms with E-state index in [-0.39, 0.29) is 0 Å². The number of hydrogen-bond donors (Lipinski definition) is 4. The Bertz CT molecular complexity index is 1030. The van der Waals surface area contributed by atoms with Crippen LogP contribution in [-0.2, 0) is 16.1 Å². The third-order valence-electron chi connectivity index (χ3n) is 5.40. The summed E-state index contributed by atoms with van der Waals surface area (Å²) < 4.78 is 5.09. The van der Waals surface area contributed by atoms with Crippen molar-refractivity contribution < 1.29 is 19.5 Å². The van der Waals surface area contributed by atoms with E-state index in [0.29, 0.717) is 11.6 Å². The molecule has 1 fully saturated rings. The van der Waals surface area contributed by atoms with E-state index in [0.717, 1.165) is 17.7 Å². The molecule has 0 heterocycles. The highest BCUT2D eigenvalue weighted by Gasteiger charge is 2.27. The Morgan fingerprint density at radius 3 is 2.45 bits per heavy atom. The number of benzene rings is 2. The number of amides is 2. The summed E-state index contributed by atoms with van der Waals surface area (Å²) in [7, 11) is 1.42. The highest BCUT2D eigenvalue weighted by Crippen LogP contribution is 2.19. The van der Waals surface area contributed by atoms with Crippen LogP contribution in [0.1, 0.15) is 46.8 Å². The number of nitrogens with one attached hydrogen (secondary N) is 3. The molecule has 2 atom stereocenters. The number of hydroxylamine groups is 1. The molecular formula is C26H29N3O4. The van der Waals surface area contributed by atoms with E-state index in [1.165, 1.54) is 25.5 Å². The third-order valence-corrected chi connectivity index (χ3v) is 5.40. The molecule has 33 heavy (non-hydrogen) atoms. The molecule has 0 aliphatic heterocycles. The Hall–Kier alpha value is -3.44. The van der Waals surface area contributed by atoms with Gasteiger partial charge in [0.15, 0.2) is 0 Å². The fraction of sp³-hybridized carbons (Fsp3) is 0.308. The van der Waals surface area contributed by atoms with Crippen LogP contribution in [0.5, 0.6) is 0 Å². The summed E-state index contributed by atoms with van der Waals surface area (Å²) in [6.07, 6.45) is 5.57. The zero-order valence-electron chi connectivity index (χ0n) is 18.8. The van der Waals surface area contributed by atoms with Crippen LogP contribution in [-0.4, -0.2) is 42.3 Å². The van der Waals surface area contributed by atoms with Gasteiger partial charge in [-0.1, -0.05) is 36.1 Å². The molecule has 0 radical (unpaired) electrons. The minimum atomic E-state index is -1.02. The third kappa shape index (κ3) is 7.58. The molecule has 2 amide bonds. The minimum absolute atomic E-state index is 0.383. The molecule has 0 aromatic heterocycles. The average molecular weight is 448 g/mol. The van der Waals surface area contributed by atoms with Crippen LogP contribution in [0.15, 0.2) is 54.6 Å². The monoisotopic (exact) mass is 447 g/mol. The van der Waals surface area contributed by atoms with Gasteiger partial charge in [-0.15, -0.1) is 0 Å². The van der Waals surface area contributed by atoms with Crippen LogP contribution in [0.2, 0.25) is 0 Å². The van der Waals surface area contributed by atoms with Crippen LogP contribution < -0.4 is 16.1 Å². The Balaban J connectivity index is 1.53. The molecule has 7 heteroatoms. The van der Waals surface area contributed by atoms with Crippen molar-refractivity contribution in [1.29, 1.82) is 0 Å². The number of carbonyl (C=O) groups excluding carboxylic acids is 2. The van der Waals surface area contributed by atoms with Crippen molar-refractivity contribution >= 4 is 17.9 Å². The molecular weight excluding hydrogens is 418 g/mol. The quantitative estimate of drug-likeness (QED) is 0.269. The van der Waals surface area contributed by atoms with Gasteiger partial charge in [0.05, 0.1) is 6.10 Å². The fourth-order valence-corrected chi connectivity index (χ4v) is 3.09. The summed E-state index contributed by atoms with van der Waals surface area (Å²) >= 11 is 0. The van der Waals surface area contributed by atoms with Gasteiger partial charge >= 0.3 is 0 Å². The van der Waals surface area contributed by atoms with E-state index in [2.05, 4.69) is 34.6 Å². The number of methoxy groups -OCH3 is 1. The van der Waals surface area contributed by atoms with Gasteiger partial charge < -0.3 is 15.4 Å². The van der Waals surface area contributed by atoms with Gasteiger partial charge in [-0.05, 0) is 67.3 Å². The number of ether oxygens (including phenoxy) is 1. The lowest BCUT2D eigenvalue weighted by Gasteiger charge is -2.22. The van der Waals surface area contributed by atoms with Crippen molar-refractivity contribution in [3.05, 3.63) is 76.9 Å². The van der Waals surface area contributed by atoms with Crippen LogP contribution in [0.3, 0.4) is 0 Å². The molecule has 172 valence electrons. The van der Waals surface area contributed by atoms with E-state index in [4.69, 9.17) is 9.94 Å². The molecule has 4 N–H and O–H groups in total. The highest BCUT2D eigenvalue weighted by molar-refractivity contribution is 5.97. The van der Waals surface area contributed by atoms with Crippen molar-refractivity contribution in [2.24, 2.45) is 0 Å². The van der Waals surface area contributed by atoms with Gasteiger partial charge in [-0.2, -0.15) is 0 Å². The fourth-order valence-electron chi connectivity index (χ4n) is 3.09. The second-order valence-electron chi connectivity index (χ2n) is 7.94. The standard InChI is InChI=1S/C26H29N3O4/c1-18(33-2)24(26(31)29-32)28-25(30)22-13-11-20(12-14-22)6-4-3-5-19-7-9-21(10-8-19)17-27-23-15-16-23/h4,6-14,18,23-24,27,32H,15-17H2,1-2H3,(H,28,30)(H,29,31)/t18-,24+/m1/s1. The number of hydrogen-bond acceptors (Lipinski definition) is 5. The Morgan fingerprint density at radius 1 is 1.15 bits per heavy atom. The SMILES string of the molecule is CO[C@H](C)[C@H](NC(=O)c1ccc(C=CC#Cc2ccc(CNC3CC3)cc2)cc1)C(=O)NO. The highest BCUT2D eigenvalue weighted by atomic mass is 16.5. The number of rotatable bonds is 9. The maximum Gasteiger partial charge on any atom is 0.268 e. The topological polar surface area (TPSA) is 99.7 Å². The van der Waals surface area contributed by atoms with E-state index >= 15 is 0 Å². The first-order valence-corrected chi connectivity index (χ1v) is 10.9. The lowest BCUT2D eigenvalue weighted by atomic mass is 10.1. The zero-order chi connectivity index (χ0) is 23.6. The van der Waals surface area contributed by atoms with Gasteiger partial charge in [0.2, 0.25) is 0 Å². The molecule has 1 aliphatic rings. The smallest absolute Gasteiger partial charge is 0.268 e. The predicted octanol–water partition coefficient (Wildman–Crippen LogP) is 2.64. The maximum atomic E-state index is 12.5. The number of carbonyl (C=O) groups is 2. The molecule has 3 rings (SSSR count). The molecule has 1 aliphatic carbocycles. The van der Waals surface area contributed by atoms with Gasteiger partial charge in [-0.25, -0.2) is 5.48 Å². The van der Waals surface area contributed by atoms with Gasteiger partial charge in [0.25, 0.3) is 11.8 Å². The van der Waals surface area contributed by atoms with Crippen LogP contribution >= 0.6 is 0 Å². The molecule has 0 spiro atoms. The summed E-state index contributed by atoms with van der Waals surface area (Å²) in [4.78, 5) is 24.2. The number of allylic oxidation sites excluding steroid dienone is 1. The first kappa shape index (κ1) is 24.2. The first-order valence-electron chi connectivity index (χ1n) is 10.9. The molecule has 2 aromatic rings. The molecule has 1 saturated carbocycles. The van der Waals surface area contributed by atoms with Crippen LogP contribution in [0.25, 0.3) is 6.08 Å². The van der Waals surface area contributed by atoms with Crippen molar-refractivity contribution in [2.45, 2.75) is 44.5 Å². The lowest BCUT2D eigenvalue weighted by Crippen LogP contribution is -2.52. The normalized spacial score (nSPS) is 14.8. The second-order valence-corrected chi connectivity index (χ2v) is 7.94. The summed E-state index contributed by atoms with van der Waals surface area (Å²) in [6.45, 7) is 2.52. The molecule has 7 nitrogen and oxygen atoms in total. The van der Waals surface area contributed by atoms with Gasteiger partial charge in [0.1, 0.15) is 6.04 Å². The summed E-state index contributed by atoms with van der Waals surface area (Å²) in [5, 5.41) is 14.9. The van der Waals surface area contributed by atoms with Crippen molar-refractivity contribution in [2.75, 3.05) is 7.11 Å². The largest absolute Gasteiger partial charge is 0.379 e. The van der Waals surface area contributed by atoms with Crippen molar-refractivity contribution in [3.8, 4) is 11.8 Å². The summed E-state index contributed by atoms with van der Waals surface area (Å²) in [5.74, 6) is 4.94. The zero-order valence-corrected chi connectivity index (χ0v) is 18.8. The van der Waals surface area contributed by atoms with Crippen LogP contribution in [0.4, 0.5) is 0 Å². The molecule has 0 unspecified atom stereocenters. The second kappa shape index (κ2) is 12.0. The Morgan fingerprint density at radius 2 is 1.85 bits per heavy atom. The van der Waals surface area contributed by atoms with E-state index in [1.807, 2.05) is 18.2 Å². The van der Waals surface area contributed by atoms with E-state index in [1.54, 1.807) is 42.7 Å². The molecule has 2 aromatic carbocycles. The van der Waals surface area contributed by atoms with Crippen molar-refractivity contribution in [3.63, 3.8) is 0 Å². The molecule has 0 saturated heterocycles. The summed E-state index contributed by atoms with van der Waals surface area (Å²) in [6, 6.07) is 14.8. The predicted molar refractivity (Wildman–Crippen MR) is 126 cm³/mol. The van der Waals surface area contributed by atoms with Gasteiger partial charge in [0, 0.05) is 30.8 Å². The Kier molecular flexibility index (Phi) is 8.79. The average Bonchev–Trinajstić information content (AvgIpc) is 3.68. The van der Waals surface area contributed by atoms with E-state index < -0.39 is 24.0 Å². The minimum Gasteiger partial charge on any atom is -0.379 e. The Labute approximate surface area is 194 Å². The van der Waals surface area contributed by atoms with Crippen molar-refractivity contribution in [1.82, 2.24) is 16.1 Å². The van der Waals surface area contributed by atoms with Gasteiger partial charge in [-0.3, -0.25) is 14.8 Å². The lowest BCUT2D eigenvalue weighted by molar-refractivity contribution is -0.134. The molecule has 0 bridgehead atoms. The summed E-state index contributed by atoms with van der Waals surface area (Å²) in [5.41, 5.74) is 5.02. The first-order chi connectivity index (χ1) is 16.0. The maximum absolute atomic E-state index is 12.5. The van der Waals surface area contributed by atoms with E-state index in [9.17, 15) is 9.59 Å². The van der Waals surface area contributed by atoms with Crippen LogP contribution in [0, 0.1) is 11.8 Å².